The van der Waals surface area contributed by atoms with Crippen molar-refractivity contribution in [2.75, 3.05) is 0 Å². The standard InChI is InChI=1S/C13H19N5O3/c1-6-9-14-15-10(20-9)7-18-8(2)11(16-17-18)12(19)21-13(3,4)5/h6-7H2,1-5H3. The van der Waals surface area contributed by atoms with Gasteiger partial charge in [-0.25, -0.2) is 9.48 Å². The number of ether oxygens (including phenoxy) is 1. The summed E-state index contributed by atoms with van der Waals surface area (Å²) in [6, 6.07) is 0. The molecule has 0 N–H and O–H groups in total. The Labute approximate surface area is 122 Å². The van der Waals surface area contributed by atoms with Gasteiger partial charge >= 0.3 is 5.97 Å². The second-order valence-corrected chi connectivity index (χ2v) is 5.63. The number of hydrogen-bond donors (Lipinski definition) is 0. The molecule has 21 heavy (non-hydrogen) atoms. The number of hydrogen-bond acceptors (Lipinski definition) is 7. The first-order valence-corrected chi connectivity index (χ1v) is 6.75. The average molecular weight is 293 g/mol. The molecule has 8 nitrogen and oxygen atoms in total. The van der Waals surface area contributed by atoms with Crippen LogP contribution in [0.4, 0.5) is 0 Å². The Hall–Kier alpha value is -2.25. The summed E-state index contributed by atoms with van der Waals surface area (Å²) < 4.78 is 12.2. The Kier molecular flexibility index (Phi) is 4.06. The van der Waals surface area contributed by atoms with E-state index in [1.54, 1.807) is 27.7 Å². The van der Waals surface area contributed by atoms with Crippen molar-refractivity contribution in [1.29, 1.82) is 0 Å². The molecule has 0 saturated carbocycles. The fraction of sp³-hybridized carbons (Fsp3) is 0.615. The lowest BCUT2D eigenvalue weighted by atomic mass is 10.2. The maximum absolute atomic E-state index is 12.0. The molecular weight excluding hydrogens is 274 g/mol. The van der Waals surface area contributed by atoms with Crippen LogP contribution in [0.15, 0.2) is 4.42 Å². The normalized spacial score (nSPS) is 11.7. The van der Waals surface area contributed by atoms with Gasteiger partial charge in [-0.05, 0) is 27.7 Å². The van der Waals surface area contributed by atoms with Crippen molar-refractivity contribution in [3.05, 3.63) is 23.2 Å². The number of carbonyl (C=O) groups excluding carboxylic acids is 1. The highest BCUT2D eigenvalue weighted by molar-refractivity contribution is 5.88. The van der Waals surface area contributed by atoms with E-state index in [2.05, 4.69) is 20.5 Å². The zero-order valence-corrected chi connectivity index (χ0v) is 12.9. The smallest absolute Gasteiger partial charge is 0.361 e. The minimum Gasteiger partial charge on any atom is -0.455 e. The molecule has 0 unspecified atom stereocenters. The summed E-state index contributed by atoms with van der Waals surface area (Å²) in [6.07, 6.45) is 0.673. The first kappa shape index (κ1) is 15.1. The van der Waals surface area contributed by atoms with Crippen LogP contribution in [0.25, 0.3) is 0 Å². The molecule has 0 radical (unpaired) electrons. The van der Waals surface area contributed by atoms with E-state index in [0.717, 1.165) is 0 Å². The molecule has 0 aliphatic heterocycles. The third-order valence-corrected chi connectivity index (χ3v) is 2.67. The van der Waals surface area contributed by atoms with E-state index in [4.69, 9.17) is 9.15 Å². The molecule has 0 bridgehead atoms. The van der Waals surface area contributed by atoms with E-state index in [9.17, 15) is 4.79 Å². The molecule has 114 valence electrons. The van der Waals surface area contributed by atoms with Gasteiger partial charge in [0.1, 0.15) is 12.1 Å². The molecule has 2 heterocycles. The number of esters is 1. The highest BCUT2D eigenvalue weighted by Gasteiger charge is 2.24. The molecule has 2 rings (SSSR count). The molecule has 2 aromatic heterocycles. The third kappa shape index (κ3) is 3.65. The first-order valence-electron chi connectivity index (χ1n) is 6.75. The fourth-order valence-corrected chi connectivity index (χ4v) is 1.65. The van der Waals surface area contributed by atoms with Gasteiger partial charge in [-0.1, -0.05) is 12.1 Å². The van der Waals surface area contributed by atoms with Crippen LogP contribution in [0.2, 0.25) is 0 Å². The van der Waals surface area contributed by atoms with Crippen LogP contribution in [0.5, 0.6) is 0 Å². The van der Waals surface area contributed by atoms with E-state index in [0.29, 0.717) is 23.9 Å². The lowest BCUT2D eigenvalue weighted by Crippen LogP contribution is -2.24. The molecule has 0 aliphatic rings. The van der Waals surface area contributed by atoms with Crippen LogP contribution < -0.4 is 0 Å². The largest absolute Gasteiger partial charge is 0.455 e. The molecular formula is C13H19N5O3. The monoisotopic (exact) mass is 293 g/mol. The van der Waals surface area contributed by atoms with Crippen molar-refractivity contribution in [3.63, 3.8) is 0 Å². The van der Waals surface area contributed by atoms with Crippen LogP contribution in [0.1, 0.15) is 55.7 Å². The molecule has 2 aromatic rings. The van der Waals surface area contributed by atoms with Gasteiger partial charge in [-0.3, -0.25) is 0 Å². The van der Waals surface area contributed by atoms with Crippen molar-refractivity contribution in [2.24, 2.45) is 0 Å². The van der Waals surface area contributed by atoms with Gasteiger partial charge in [0.25, 0.3) is 0 Å². The average Bonchev–Trinajstić information content (AvgIpc) is 2.96. The Morgan fingerprint density at radius 3 is 2.48 bits per heavy atom. The van der Waals surface area contributed by atoms with E-state index >= 15 is 0 Å². The predicted molar refractivity (Wildman–Crippen MR) is 72.7 cm³/mol. The predicted octanol–water partition coefficient (Wildman–Crippen LogP) is 1.54. The lowest BCUT2D eigenvalue weighted by Gasteiger charge is -2.18. The number of rotatable bonds is 4. The fourth-order valence-electron chi connectivity index (χ4n) is 1.65. The molecule has 0 aromatic carbocycles. The highest BCUT2D eigenvalue weighted by Crippen LogP contribution is 2.14. The Morgan fingerprint density at radius 2 is 1.90 bits per heavy atom. The third-order valence-electron chi connectivity index (χ3n) is 2.67. The van der Waals surface area contributed by atoms with E-state index in [1.807, 2.05) is 6.92 Å². The maximum Gasteiger partial charge on any atom is 0.361 e. The number of aryl methyl sites for hydroxylation is 1. The van der Waals surface area contributed by atoms with Gasteiger partial charge in [0.15, 0.2) is 5.69 Å². The molecule has 0 amide bonds. The molecule has 0 fully saturated rings. The maximum atomic E-state index is 12.0. The first-order chi connectivity index (χ1) is 9.80. The number of nitrogens with zero attached hydrogens (tertiary/aromatic N) is 5. The summed E-state index contributed by atoms with van der Waals surface area (Å²) in [5.41, 5.74) is 0.219. The van der Waals surface area contributed by atoms with Gasteiger partial charge < -0.3 is 9.15 Å². The zero-order valence-electron chi connectivity index (χ0n) is 12.9. The van der Waals surface area contributed by atoms with Crippen molar-refractivity contribution in [1.82, 2.24) is 25.2 Å². The number of aromatic nitrogens is 5. The summed E-state index contributed by atoms with van der Waals surface area (Å²) in [5, 5.41) is 15.6. The summed E-state index contributed by atoms with van der Waals surface area (Å²) in [7, 11) is 0. The van der Waals surface area contributed by atoms with Crippen molar-refractivity contribution < 1.29 is 13.9 Å². The van der Waals surface area contributed by atoms with Crippen LogP contribution in [-0.4, -0.2) is 36.8 Å². The van der Waals surface area contributed by atoms with Crippen LogP contribution in [-0.2, 0) is 17.7 Å². The van der Waals surface area contributed by atoms with Gasteiger partial charge in [0.05, 0.1) is 5.69 Å². The molecule has 0 atom stereocenters. The van der Waals surface area contributed by atoms with E-state index in [1.165, 1.54) is 4.68 Å². The van der Waals surface area contributed by atoms with Crippen LogP contribution >= 0.6 is 0 Å². The van der Waals surface area contributed by atoms with Gasteiger partial charge in [0, 0.05) is 6.42 Å². The summed E-state index contributed by atoms with van der Waals surface area (Å²) in [4.78, 5) is 12.0. The molecule has 8 heteroatoms. The van der Waals surface area contributed by atoms with Gasteiger partial charge in [0.2, 0.25) is 11.8 Å². The summed E-state index contributed by atoms with van der Waals surface area (Å²) in [5.74, 6) is 0.497. The summed E-state index contributed by atoms with van der Waals surface area (Å²) >= 11 is 0. The van der Waals surface area contributed by atoms with Crippen molar-refractivity contribution in [3.8, 4) is 0 Å². The SMILES string of the molecule is CCc1nnc(Cn2nnc(C(=O)OC(C)(C)C)c2C)o1. The molecule has 0 saturated heterocycles. The Morgan fingerprint density at radius 1 is 1.24 bits per heavy atom. The Balaban J connectivity index is 2.15. The van der Waals surface area contributed by atoms with Gasteiger partial charge in [-0.2, -0.15) is 0 Å². The lowest BCUT2D eigenvalue weighted by molar-refractivity contribution is 0.00618. The van der Waals surface area contributed by atoms with Crippen molar-refractivity contribution in [2.45, 2.75) is 53.2 Å². The van der Waals surface area contributed by atoms with E-state index < -0.39 is 11.6 Å². The minimum absolute atomic E-state index is 0.195. The van der Waals surface area contributed by atoms with Gasteiger partial charge in [-0.15, -0.1) is 15.3 Å². The summed E-state index contributed by atoms with van der Waals surface area (Å²) in [6.45, 7) is 9.35. The molecule has 0 spiro atoms. The highest BCUT2D eigenvalue weighted by atomic mass is 16.6. The second kappa shape index (κ2) is 5.63. The topological polar surface area (TPSA) is 95.9 Å². The number of carbonyl (C=O) groups is 1. The zero-order chi connectivity index (χ0) is 15.6. The van der Waals surface area contributed by atoms with Crippen LogP contribution in [0, 0.1) is 6.92 Å². The Bertz CT molecular complexity index is 639. The molecule has 0 aliphatic carbocycles. The van der Waals surface area contributed by atoms with E-state index in [-0.39, 0.29) is 12.2 Å². The second-order valence-electron chi connectivity index (χ2n) is 5.63. The van der Waals surface area contributed by atoms with Crippen LogP contribution in [0.3, 0.4) is 0 Å². The van der Waals surface area contributed by atoms with Crippen molar-refractivity contribution >= 4 is 5.97 Å². The minimum atomic E-state index is -0.574. The quantitative estimate of drug-likeness (QED) is 0.789.